The molecule has 1 rings (SSSR count). The van der Waals surface area contributed by atoms with Crippen LogP contribution in [0.25, 0.3) is 0 Å². The molecule has 0 bridgehead atoms. The summed E-state index contributed by atoms with van der Waals surface area (Å²) in [5.41, 5.74) is 1.17. The molecule has 1 aromatic rings. The lowest BCUT2D eigenvalue weighted by Gasteiger charge is -2.01. The number of ether oxygens (including phenoxy) is 1. The zero-order valence-corrected chi connectivity index (χ0v) is 9.90. The van der Waals surface area contributed by atoms with Crippen LogP contribution in [0, 0.1) is 0 Å². The minimum absolute atomic E-state index is 0.192. The highest BCUT2D eigenvalue weighted by atomic mass is 16.5. The minimum Gasteiger partial charge on any atom is -0.497 e. The fraction of sp³-hybridized carbons (Fsp3) is 0.357. The molecule has 2 heteroatoms. The molecule has 86 valence electrons. The van der Waals surface area contributed by atoms with Crippen LogP contribution in [-0.4, -0.2) is 12.9 Å². The first kappa shape index (κ1) is 12.5. The Morgan fingerprint density at radius 3 is 2.56 bits per heavy atom. The van der Waals surface area contributed by atoms with Crippen molar-refractivity contribution in [2.24, 2.45) is 0 Å². The first-order chi connectivity index (χ1) is 7.76. The van der Waals surface area contributed by atoms with Gasteiger partial charge in [-0.2, -0.15) is 0 Å². The van der Waals surface area contributed by atoms with E-state index >= 15 is 0 Å². The van der Waals surface area contributed by atoms with Gasteiger partial charge < -0.3 is 4.74 Å². The average Bonchev–Trinajstić information content (AvgIpc) is 2.34. The van der Waals surface area contributed by atoms with E-state index in [2.05, 4.69) is 0 Å². The molecule has 0 aliphatic carbocycles. The van der Waals surface area contributed by atoms with Gasteiger partial charge in [0.1, 0.15) is 5.75 Å². The summed E-state index contributed by atoms with van der Waals surface area (Å²) >= 11 is 0. The van der Waals surface area contributed by atoms with Gasteiger partial charge in [0.15, 0.2) is 5.78 Å². The Balaban J connectivity index is 2.42. The summed E-state index contributed by atoms with van der Waals surface area (Å²) in [5.74, 6) is 1.04. The number of hydrogen-bond acceptors (Lipinski definition) is 2. The number of allylic oxidation sites excluding steroid dienone is 2. The SMILES string of the molecule is CC/C=C/C(=O)CCc1ccc(OC)cc1. The molecule has 0 amide bonds. The Labute approximate surface area is 96.9 Å². The molecule has 0 fully saturated rings. The van der Waals surface area contributed by atoms with E-state index in [0.29, 0.717) is 6.42 Å². The molecule has 0 heterocycles. The Bertz CT molecular complexity index is 350. The van der Waals surface area contributed by atoms with Crippen LogP contribution in [-0.2, 0) is 11.2 Å². The molecule has 0 aliphatic rings. The zero-order valence-electron chi connectivity index (χ0n) is 9.90. The van der Waals surface area contributed by atoms with Gasteiger partial charge in [-0.3, -0.25) is 4.79 Å². The second kappa shape index (κ2) is 6.83. The third-order valence-corrected chi connectivity index (χ3v) is 2.36. The van der Waals surface area contributed by atoms with Crippen molar-refractivity contribution in [3.63, 3.8) is 0 Å². The van der Waals surface area contributed by atoms with Crippen LogP contribution in [0.5, 0.6) is 5.75 Å². The molecule has 0 radical (unpaired) electrons. The van der Waals surface area contributed by atoms with Crippen molar-refractivity contribution in [1.82, 2.24) is 0 Å². The minimum atomic E-state index is 0.192. The number of aryl methyl sites for hydroxylation is 1. The summed E-state index contributed by atoms with van der Waals surface area (Å²) in [5, 5.41) is 0. The van der Waals surface area contributed by atoms with E-state index in [-0.39, 0.29) is 5.78 Å². The van der Waals surface area contributed by atoms with Crippen LogP contribution in [0.4, 0.5) is 0 Å². The highest BCUT2D eigenvalue weighted by molar-refractivity contribution is 5.89. The molecule has 0 unspecified atom stereocenters. The average molecular weight is 218 g/mol. The molecule has 0 saturated carbocycles. The lowest BCUT2D eigenvalue weighted by atomic mass is 10.1. The van der Waals surface area contributed by atoms with Crippen molar-refractivity contribution in [1.29, 1.82) is 0 Å². The third-order valence-electron chi connectivity index (χ3n) is 2.36. The van der Waals surface area contributed by atoms with Crippen molar-refractivity contribution in [2.75, 3.05) is 7.11 Å². The Morgan fingerprint density at radius 1 is 1.31 bits per heavy atom. The van der Waals surface area contributed by atoms with Crippen molar-refractivity contribution >= 4 is 5.78 Å². The number of carbonyl (C=O) groups excluding carboxylic acids is 1. The quantitative estimate of drug-likeness (QED) is 0.685. The molecule has 0 saturated heterocycles. The summed E-state index contributed by atoms with van der Waals surface area (Å²) in [7, 11) is 1.65. The van der Waals surface area contributed by atoms with Gasteiger partial charge in [0, 0.05) is 6.42 Å². The molecular weight excluding hydrogens is 200 g/mol. The molecular formula is C14H18O2. The maximum atomic E-state index is 11.4. The molecule has 1 aromatic carbocycles. The normalized spacial score (nSPS) is 10.6. The summed E-state index contributed by atoms with van der Waals surface area (Å²) < 4.78 is 5.07. The summed E-state index contributed by atoms with van der Waals surface area (Å²) in [6, 6.07) is 7.83. The number of carbonyl (C=O) groups is 1. The van der Waals surface area contributed by atoms with E-state index in [4.69, 9.17) is 4.74 Å². The predicted octanol–water partition coefficient (Wildman–Crippen LogP) is 3.16. The lowest BCUT2D eigenvalue weighted by molar-refractivity contribution is -0.114. The Hall–Kier alpha value is -1.57. The Morgan fingerprint density at radius 2 is 2.00 bits per heavy atom. The van der Waals surface area contributed by atoms with Crippen LogP contribution in [0.2, 0.25) is 0 Å². The van der Waals surface area contributed by atoms with Crippen molar-refractivity contribution in [3.05, 3.63) is 42.0 Å². The Kier molecular flexibility index (Phi) is 5.34. The summed E-state index contributed by atoms with van der Waals surface area (Å²) in [4.78, 5) is 11.4. The first-order valence-electron chi connectivity index (χ1n) is 5.58. The van der Waals surface area contributed by atoms with E-state index in [1.165, 1.54) is 5.56 Å². The molecule has 16 heavy (non-hydrogen) atoms. The van der Waals surface area contributed by atoms with Gasteiger partial charge in [-0.15, -0.1) is 0 Å². The summed E-state index contributed by atoms with van der Waals surface area (Å²) in [6.45, 7) is 2.02. The van der Waals surface area contributed by atoms with Gasteiger partial charge in [0.25, 0.3) is 0 Å². The number of hydrogen-bond donors (Lipinski definition) is 0. The molecule has 0 N–H and O–H groups in total. The van der Waals surface area contributed by atoms with Gasteiger partial charge in [-0.05, 0) is 36.6 Å². The fourth-order valence-electron chi connectivity index (χ4n) is 1.39. The highest BCUT2D eigenvalue weighted by Gasteiger charge is 1.99. The van der Waals surface area contributed by atoms with E-state index in [9.17, 15) is 4.79 Å². The molecule has 0 aliphatic heterocycles. The standard InChI is InChI=1S/C14H18O2/c1-3-4-5-13(15)9-6-12-7-10-14(16-2)11-8-12/h4-5,7-8,10-11H,3,6,9H2,1-2H3/b5-4+. The second-order valence-electron chi connectivity index (χ2n) is 3.63. The number of benzene rings is 1. The van der Waals surface area contributed by atoms with E-state index in [1.54, 1.807) is 13.2 Å². The maximum Gasteiger partial charge on any atom is 0.155 e. The van der Waals surface area contributed by atoms with Crippen LogP contribution in [0.15, 0.2) is 36.4 Å². The van der Waals surface area contributed by atoms with E-state index in [0.717, 1.165) is 18.6 Å². The van der Waals surface area contributed by atoms with E-state index < -0.39 is 0 Å². The highest BCUT2D eigenvalue weighted by Crippen LogP contribution is 2.12. The molecule has 2 nitrogen and oxygen atoms in total. The largest absolute Gasteiger partial charge is 0.497 e. The van der Waals surface area contributed by atoms with Gasteiger partial charge in [0.2, 0.25) is 0 Å². The third kappa shape index (κ3) is 4.30. The fourth-order valence-corrected chi connectivity index (χ4v) is 1.39. The monoisotopic (exact) mass is 218 g/mol. The van der Waals surface area contributed by atoms with Crippen LogP contribution in [0.3, 0.4) is 0 Å². The zero-order chi connectivity index (χ0) is 11.8. The lowest BCUT2D eigenvalue weighted by Crippen LogP contribution is -1.96. The van der Waals surface area contributed by atoms with Crippen LogP contribution >= 0.6 is 0 Å². The van der Waals surface area contributed by atoms with Crippen molar-refractivity contribution in [3.8, 4) is 5.75 Å². The molecule has 0 aromatic heterocycles. The van der Waals surface area contributed by atoms with Gasteiger partial charge in [-0.25, -0.2) is 0 Å². The van der Waals surface area contributed by atoms with E-state index in [1.807, 2.05) is 37.3 Å². The second-order valence-corrected chi connectivity index (χ2v) is 3.63. The van der Waals surface area contributed by atoms with Gasteiger partial charge >= 0.3 is 0 Å². The van der Waals surface area contributed by atoms with Gasteiger partial charge in [-0.1, -0.05) is 25.1 Å². The van der Waals surface area contributed by atoms with Crippen LogP contribution in [0.1, 0.15) is 25.3 Å². The number of ketones is 1. The summed E-state index contributed by atoms with van der Waals surface area (Å²) in [6.07, 6.45) is 5.84. The number of rotatable bonds is 6. The number of methoxy groups -OCH3 is 1. The molecule has 0 atom stereocenters. The van der Waals surface area contributed by atoms with Gasteiger partial charge in [0.05, 0.1) is 7.11 Å². The first-order valence-corrected chi connectivity index (χ1v) is 5.58. The van der Waals surface area contributed by atoms with Crippen molar-refractivity contribution < 1.29 is 9.53 Å². The maximum absolute atomic E-state index is 11.4. The van der Waals surface area contributed by atoms with Crippen molar-refractivity contribution in [2.45, 2.75) is 26.2 Å². The van der Waals surface area contributed by atoms with Crippen LogP contribution < -0.4 is 4.74 Å². The topological polar surface area (TPSA) is 26.3 Å². The predicted molar refractivity (Wildman–Crippen MR) is 65.8 cm³/mol. The molecule has 0 spiro atoms. The smallest absolute Gasteiger partial charge is 0.155 e.